The third-order valence-corrected chi connectivity index (χ3v) is 4.57. The Balaban J connectivity index is 1.82. The number of aromatic amines is 1. The number of H-pyrrole nitrogens is 1. The molecule has 5 rings (SSSR count). The molecule has 1 aliphatic heterocycles. The van der Waals surface area contributed by atoms with E-state index in [1.807, 2.05) is 6.07 Å². The summed E-state index contributed by atoms with van der Waals surface area (Å²) in [5.74, 6) is -0.918. The zero-order valence-electron chi connectivity index (χ0n) is 13.6. The molecule has 0 saturated heterocycles. The number of imidazole rings is 1. The second kappa shape index (κ2) is 5.85. The number of benzene rings is 1. The van der Waals surface area contributed by atoms with Crippen LogP contribution in [-0.4, -0.2) is 19.9 Å². The van der Waals surface area contributed by atoms with E-state index in [0.29, 0.717) is 28.5 Å². The number of rotatable bonds is 1. The minimum Gasteiger partial charge on any atom is -0.338 e. The number of fused-ring (bicyclic) bond motifs is 5. The lowest BCUT2D eigenvalue weighted by molar-refractivity contribution is 0.588. The second-order valence-corrected chi connectivity index (χ2v) is 6.44. The molecule has 0 aliphatic carbocycles. The van der Waals surface area contributed by atoms with Gasteiger partial charge in [0.2, 0.25) is 0 Å². The molecule has 2 N–H and O–H groups in total. The van der Waals surface area contributed by atoms with Crippen molar-refractivity contribution in [3.05, 3.63) is 65.6 Å². The summed E-state index contributed by atoms with van der Waals surface area (Å²) in [6, 6.07) is 7.53. The predicted octanol–water partition coefficient (Wildman–Crippen LogP) is 5.19. The van der Waals surface area contributed by atoms with Gasteiger partial charge in [0.05, 0.1) is 23.1 Å². The lowest BCUT2D eigenvalue weighted by Gasteiger charge is -2.08. The van der Waals surface area contributed by atoms with Crippen LogP contribution in [0.4, 0.5) is 20.3 Å². The molecule has 1 aliphatic rings. The molecule has 0 unspecified atom stereocenters. The van der Waals surface area contributed by atoms with Crippen LogP contribution in [0.25, 0.3) is 33.9 Å². The van der Waals surface area contributed by atoms with Crippen molar-refractivity contribution < 1.29 is 8.78 Å². The first-order valence-corrected chi connectivity index (χ1v) is 8.41. The Kier molecular flexibility index (Phi) is 3.45. The highest BCUT2D eigenvalue weighted by Gasteiger charge is 2.26. The molecule has 0 atom stereocenters. The van der Waals surface area contributed by atoms with Gasteiger partial charge in [-0.3, -0.25) is 4.98 Å². The first-order valence-electron chi connectivity index (χ1n) is 8.03. The molecule has 4 heterocycles. The Morgan fingerprint density at radius 2 is 1.81 bits per heavy atom. The molecule has 1 aromatic carbocycles. The van der Waals surface area contributed by atoms with Crippen LogP contribution in [0.2, 0.25) is 5.02 Å². The number of aromatic nitrogens is 4. The van der Waals surface area contributed by atoms with Crippen molar-refractivity contribution in [1.29, 1.82) is 0 Å². The Morgan fingerprint density at radius 3 is 2.63 bits per heavy atom. The normalized spacial score (nSPS) is 11.8. The van der Waals surface area contributed by atoms with Gasteiger partial charge in [-0.1, -0.05) is 11.6 Å². The average molecular weight is 382 g/mol. The lowest BCUT2D eigenvalue weighted by Crippen LogP contribution is -1.96. The summed E-state index contributed by atoms with van der Waals surface area (Å²) in [7, 11) is 0. The Morgan fingerprint density at radius 1 is 1.00 bits per heavy atom. The lowest BCUT2D eigenvalue weighted by atomic mass is 10.1. The molecule has 8 heteroatoms. The fourth-order valence-electron chi connectivity index (χ4n) is 3.19. The van der Waals surface area contributed by atoms with Crippen molar-refractivity contribution in [2.24, 2.45) is 0 Å². The zero-order chi connectivity index (χ0) is 18.5. The maximum Gasteiger partial charge on any atom is 0.144 e. The fraction of sp³-hybridized carbons (Fsp3) is 0. The molecule has 27 heavy (non-hydrogen) atoms. The van der Waals surface area contributed by atoms with Gasteiger partial charge in [0.15, 0.2) is 0 Å². The van der Waals surface area contributed by atoms with Gasteiger partial charge in [0.1, 0.15) is 29.0 Å². The van der Waals surface area contributed by atoms with Crippen LogP contribution >= 0.6 is 11.6 Å². The van der Waals surface area contributed by atoms with Gasteiger partial charge < -0.3 is 10.3 Å². The van der Waals surface area contributed by atoms with E-state index < -0.39 is 11.6 Å². The maximum absolute atomic E-state index is 14.4. The molecule has 0 radical (unpaired) electrons. The van der Waals surface area contributed by atoms with Gasteiger partial charge in [0.25, 0.3) is 0 Å². The van der Waals surface area contributed by atoms with Gasteiger partial charge in [-0.25, -0.2) is 18.7 Å². The van der Waals surface area contributed by atoms with Gasteiger partial charge >= 0.3 is 0 Å². The standard InChI is InChI=1S/C19H10ClF2N5/c20-9-6-12(21)15(13(22)7-9)19-26-16-10-3-5-23-8-14(10)25-18-11(17(16)27-19)2-1-4-24-18/h1-8H,(H,24,25)(H,26,27). The minimum atomic E-state index is -0.789. The quantitative estimate of drug-likeness (QED) is 0.419. The average Bonchev–Trinajstić information content (AvgIpc) is 3.01. The SMILES string of the molecule is Fc1cc(Cl)cc(F)c1-c1nc2c([nH]1)-c1ccncc1Nc1ncccc1-2. The number of hydrogen-bond acceptors (Lipinski definition) is 4. The monoisotopic (exact) mass is 381 g/mol. The van der Waals surface area contributed by atoms with Crippen molar-refractivity contribution in [2.45, 2.75) is 0 Å². The van der Waals surface area contributed by atoms with Crippen LogP contribution in [0.5, 0.6) is 0 Å². The van der Waals surface area contributed by atoms with E-state index in [-0.39, 0.29) is 16.4 Å². The number of hydrogen-bond donors (Lipinski definition) is 2. The van der Waals surface area contributed by atoms with E-state index in [4.69, 9.17) is 11.6 Å². The number of nitrogens with one attached hydrogen (secondary N) is 2. The second-order valence-electron chi connectivity index (χ2n) is 6.00. The molecule has 0 spiro atoms. The van der Waals surface area contributed by atoms with Crippen molar-refractivity contribution in [3.63, 3.8) is 0 Å². The Labute approximate surface area is 157 Å². The molecular formula is C19H10ClF2N5. The van der Waals surface area contributed by atoms with Crippen molar-refractivity contribution in [3.8, 4) is 33.9 Å². The van der Waals surface area contributed by atoms with Crippen LogP contribution in [0, 0.1) is 11.6 Å². The molecule has 4 aromatic rings. The van der Waals surface area contributed by atoms with Gasteiger partial charge in [-0.15, -0.1) is 0 Å². The van der Waals surface area contributed by atoms with Crippen molar-refractivity contribution in [1.82, 2.24) is 19.9 Å². The highest BCUT2D eigenvalue weighted by molar-refractivity contribution is 6.30. The summed E-state index contributed by atoms with van der Waals surface area (Å²) in [5.41, 5.74) is 3.09. The third kappa shape index (κ3) is 2.47. The van der Waals surface area contributed by atoms with Gasteiger partial charge in [-0.05, 0) is 30.3 Å². The number of halogens is 3. The Hall–Kier alpha value is -3.32. The molecule has 0 amide bonds. The molecule has 3 aromatic heterocycles. The molecular weight excluding hydrogens is 372 g/mol. The van der Waals surface area contributed by atoms with E-state index in [2.05, 4.69) is 25.3 Å². The summed E-state index contributed by atoms with van der Waals surface area (Å²) in [6.07, 6.45) is 4.95. The summed E-state index contributed by atoms with van der Waals surface area (Å²) in [6.45, 7) is 0. The van der Waals surface area contributed by atoms with E-state index in [1.54, 1.807) is 30.7 Å². The minimum absolute atomic E-state index is 0.0166. The van der Waals surface area contributed by atoms with E-state index >= 15 is 0 Å². The largest absolute Gasteiger partial charge is 0.338 e. The zero-order valence-corrected chi connectivity index (χ0v) is 14.4. The number of pyridine rings is 2. The topological polar surface area (TPSA) is 66.5 Å². The number of nitrogens with zero attached hydrogens (tertiary/aromatic N) is 3. The first-order chi connectivity index (χ1) is 13.1. The summed E-state index contributed by atoms with van der Waals surface area (Å²) < 4.78 is 28.8. The van der Waals surface area contributed by atoms with Gasteiger partial charge in [-0.2, -0.15) is 0 Å². The molecule has 0 fully saturated rings. The molecule has 0 saturated carbocycles. The smallest absolute Gasteiger partial charge is 0.144 e. The van der Waals surface area contributed by atoms with Crippen molar-refractivity contribution in [2.75, 3.05) is 5.32 Å². The van der Waals surface area contributed by atoms with Crippen LogP contribution in [0.3, 0.4) is 0 Å². The van der Waals surface area contributed by atoms with Crippen LogP contribution in [-0.2, 0) is 0 Å². The van der Waals surface area contributed by atoms with Gasteiger partial charge in [0, 0.05) is 28.5 Å². The highest BCUT2D eigenvalue weighted by atomic mass is 35.5. The molecule has 132 valence electrons. The van der Waals surface area contributed by atoms with E-state index in [9.17, 15) is 8.78 Å². The predicted molar refractivity (Wildman–Crippen MR) is 98.7 cm³/mol. The summed E-state index contributed by atoms with van der Waals surface area (Å²) in [5, 5.41) is 3.21. The number of anilines is 2. The van der Waals surface area contributed by atoms with E-state index in [0.717, 1.165) is 17.7 Å². The van der Waals surface area contributed by atoms with Crippen LogP contribution < -0.4 is 5.32 Å². The van der Waals surface area contributed by atoms with E-state index in [1.165, 1.54) is 0 Å². The Bertz CT molecular complexity index is 1120. The highest BCUT2D eigenvalue weighted by Crippen LogP contribution is 2.43. The molecule has 0 bridgehead atoms. The molecule has 5 nitrogen and oxygen atoms in total. The maximum atomic E-state index is 14.4. The van der Waals surface area contributed by atoms with Crippen LogP contribution in [0.1, 0.15) is 0 Å². The van der Waals surface area contributed by atoms with Crippen LogP contribution in [0.15, 0.2) is 48.9 Å². The fourth-order valence-corrected chi connectivity index (χ4v) is 3.38. The first kappa shape index (κ1) is 15.9. The summed E-state index contributed by atoms with van der Waals surface area (Å²) >= 11 is 5.73. The van der Waals surface area contributed by atoms with Crippen molar-refractivity contribution >= 4 is 23.1 Å². The summed E-state index contributed by atoms with van der Waals surface area (Å²) in [4.78, 5) is 16.0. The third-order valence-electron chi connectivity index (χ3n) is 4.35.